The van der Waals surface area contributed by atoms with Gasteiger partial charge in [0.25, 0.3) is 0 Å². The van der Waals surface area contributed by atoms with E-state index in [0.29, 0.717) is 44.6 Å². The van der Waals surface area contributed by atoms with Crippen molar-refractivity contribution in [1.82, 2.24) is 9.21 Å². The number of nitrogens with zero attached hydrogens (tertiary/aromatic N) is 2. The molecule has 32 heavy (non-hydrogen) atoms. The number of morpholine rings is 1. The highest BCUT2D eigenvalue weighted by molar-refractivity contribution is 7.89. The van der Waals surface area contributed by atoms with Crippen molar-refractivity contribution in [2.45, 2.75) is 24.2 Å². The zero-order chi connectivity index (χ0) is 22.4. The first-order valence-corrected chi connectivity index (χ1v) is 12.7. The lowest BCUT2D eigenvalue weighted by Crippen LogP contribution is -2.40. The second kappa shape index (κ2) is 10.7. The molecule has 0 radical (unpaired) electrons. The molecule has 0 N–H and O–H groups in total. The number of benzene rings is 2. The summed E-state index contributed by atoms with van der Waals surface area (Å²) in [5, 5.41) is 0. The summed E-state index contributed by atoms with van der Waals surface area (Å²) in [6.45, 7) is 5.06. The monoisotopic (exact) mass is 462 g/mol. The minimum Gasteiger partial charge on any atom is -0.492 e. The van der Waals surface area contributed by atoms with Crippen LogP contribution in [0.15, 0.2) is 53.4 Å². The summed E-state index contributed by atoms with van der Waals surface area (Å²) in [7, 11) is -3.48. The van der Waals surface area contributed by atoms with E-state index in [1.165, 1.54) is 10.4 Å². The highest BCUT2D eigenvalue weighted by Crippen LogP contribution is 2.23. The summed E-state index contributed by atoms with van der Waals surface area (Å²) < 4.78 is 51.3. The van der Waals surface area contributed by atoms with Crippen LogP contribution in [0.4, 0.5) is 4.39 Å². The van der Waals surface area contributed by atoms with Gasteiger partial charge >= 0.3 is 0 Å². The Balaban J connectivity index is 1.19. The molecule has 0 unspecified atom stereocenters. The van der Waals surface area contributed by atoms with Crippen LogP contribution in [0, 0.1) is 11.7 Å². The van der Waals surface area contributed by atoms with Crippen molar-refractivity contribution >= 4 is 10.0 Å². The number of hydrogen-bond donors (Lipinski definition) is 0. The maximum absolute atomic E-state index is 13.4. The van der Waals surface area contributed by atoms with Crippen molar-refractivity contribution in [1.29, 1.82) is 0 Å². The van der Waals surface area contributed by atoms with Crippen LogP contribution in [0.25, 0.3) is 0 Å². The Labute approximate surface area is 190 Å². The van der Waals surface area contributed by atoms with E-state index in [4.69, 9.17) is 9.47 Å². The molecule has 2 saturated heterocycles. The average Bonchev–Trinajstić information content (AvgIpc) is 2.81. The molecule has 174 valence electrons. The van der Waals surface area contributed by atoms with E-state index in [0.717, 1.165) is 44.5 Å². The van der Waals surface area contributed by atoms with Crippen LogP contribution in [-0.4, -0.2) is 70.2 Å². The SMILES string of the molecule is O=S(=O)(c1ccc(OCCN2CCC(Cc3cccc(F)c3)CC2)cc1)N1CCOCC1. The molecule has 0 atom stereocenters. The maximum atomic E-state index is 13.4. The Bertz CT molecular complexity index is 970. The topological polar surface area (TPSA) is 59.1 Å². The number of likely N-dealkylation sites (tertiary alicyclic amines) is 1. The molecule has 6 nitrogen and oxygen atoms in total. The Morgan fingerprint density at radius 1 is 1.00 bits per heavy atom. The smallest absolute Gasteiger partial charge is 0.243 e. The quantitative estimate of drug-likeness (QED) is 0.603. The average molecular weight is 463 g/mol. The van der Waals surface area contributed by atoms with E-state index < -0.39 is 10.0 Å². The lowest BCUT2D eigenvalue weighted by atomic mass is 9.90. The van der Waals surface area contributed by atoms with E-state index in [1.807, 2.05) is 6.07 Å². The molecule has 2 aromatic carbocycles. The molecular formula is C24H31FN2O4S. The van der Waals surface area contributed by atoms with Gasteiger partial charge in [-0.2, -0.15) is 4.31 Å². The van der Waals surface area contributed by atoms with Gasteiger partial charge in [-0.25, -0.2) is 12.8 Å². The normalized spacial score (nSPS) is 19.2. The van der Waals surface area contributed by atoms with Gasteiger partial charge < -0.3 is 9.47 Å². The molecule has 2 aliphatic heterocycles. The van der Waals surface area contributed by atoms with Crippen LogP contribution >= 0.6 is 0 Å². The number of ether oxygens (including phenoxy) is 2. The van der Waals surface area contributed by atoms with Gasteiger partial charge in [-0.15, -0.1) is 0 Å². The van der Waals surface area contributed by atoms with Crippen molar-refractivity contribution in [2.24, 2.45) is 5.92 Å². The van der Waals surface area contributed by atoms with Crippen LogP contribution in [0.5, 0.6) is 5.75 Å². The molecule has 0 aromatic heterocycles. The van der Waals surface area contributed by atoms with E-state index >= 15 is 0 Å². The summed E-state index contributed by atoms with van der Waals surface area (Å²) in [6.07, 6.45) is 3.14. The van der Waals surface area contributed by atoms with Gasteiger partial charge in [-0.05, 0) is 80.2 Å². The van der Waals surface area contributed by atoms with Crippen molar-refractivity contribution < 1.29 is 22.3 Å². The lowest BCUT2D eigenvalue weighted by molar-refractivity contribution is 0.0730. The number of halogens is 1. The van der Waals surface area contributed by atoms with Crippen LogP contribution in [0.1, 0.15) is 18.4 Å². The summed E-state index contributed by atoms with van der Waals surface area (Å²) >= 11 is 0. The molecule has 2 aromatic rings. The minimum absolute atomic E-state index is 0.163. The number of sulfonamides is 1. The van der Waals surface area contributed by atoms with Gasteiger partial charge in [0.05, 0.1) is 18.1 Å². The number of rotatable bonds is 8. The van der Waals surface area contributed by atoms with Crippen LogP contribution in [0.3, 0.4) is 0 Å². The fourth-order valence-electron chi connectivity index (χ4n) is 4.35. The fourth-order valence-corrected chi connectivity index (χ4v) is 5.76. The molecule has 2 fully saturated rings. The molecule has 0 spiro atoms. The molecule has 0 saturated carbocycles. The largest absolute Gasteiger partial charge is 0.492 e. The van der Waals surface area contributed by atoms with Crippen LogP contribution < -0.4 is 4.74 Å². The lowest BCUT2D eigenvalue weighted by Gasteiger charge is -2.31. The maximum Gasteiger partial charge on any atom is 0.243 e. The molecule has 2 heterocycles. The summed E-state index contributed by atoms with van der Waals surface area (Å²) in [4.78, 5) is 2.67. The van der Waals surface area contributed by atoms with Gasteiger partial charge in [0.15, 0.2) is 0 Å². The van der Waals surface area contributed by atoms with Crippen LogP contribution in [-0.2, 0) is 21.2 Å². The summed E-state index contributed by atoms with van der Waals surface area (Å²) in [5.41, 5.74) is 1.07. The Kier molecular flexibility index (Phi) is 7.78. The van der Waals surface area contributed by atoms with E-state index in [-0.39, 0.29) is 10.7 Å². The third kappa shape index (κ3) is 6.07. The Morgan fingerprint density at radius 2 is 1.72 bits per heavy atom. The molecule has 0 amide bonds. The Hall–Kier alpha value is -2.00. The zero-order valence-electron chi connectivity index (χ0n) is 18.3. The standard InChI is InChI=1S/C24H31FN2O4S/c25-22-3-1-2-21(19-22)18-20-8-10-26(11-9-20)12-17-31-23-4-6-24(7-5-23)32(28,29)27-13-15-30-16-14-27/h1-7,19-20H,8-18H2. The number of hydrogen-bond acceptors (Lipinski definition) is 5. The Morgan fingerprint density at radius 3 is 2.41 bits per heavy atom. The summed E-state index contributed by atoms with van der Waals surface area (Å²) in [5.74, 6) is 1.10. The highest BCUT2D eigenvalue weighted by atomic mass is 32.2. The highest BCUT2D eigenvalue weighted by Gasteiger charge is 2.26. The molecule has 8 heteroatoms. The van der Waals surface area contributed by atoms with E-state index in [1.54, 1.807) is 36.4 Å². The van der Waals surface area contributed by atoms with Crippen molar-refractivity contribution in [2.75, 3.05) is 52.5 Å². The molecule has 2 aliphatic rings. The molecular weight excluding hydrogens is 431 g/mol. The van der Waals surface area contributed by atoms with Crippen molar-refractivity contribution in [3.63, 3.8) is 0 Å². The van der Waals surface area contributed by atoms with Crippen molar-refractivity contribution in [3.05, 3.63) is 59.9 Å². The molecule has 4 rings (SSSR count). The van der Waals surface area contributed by atoms with Crippen molar-refractivity contribution in [3.8, 4) is 5.75 Å². The first-order valence-electron chi connectivity index (χ1n) is 11.3. The van der Waals surface area contributed by atoms with Gasteiger partial charge in [0.1, 0.15) is 18.2 Å². The third-order valence-corrected chi connectivity index (χ3v) is 8.14. The van der Waals surface area contributed by atoms with Gasteiger partial charge in [-0.3, -0.25) is 4.90 Å². The number of piperidine rings is 1. The van der Waals surface area contributed by atoms with E-state index in [2.05, 4.69) is 4.90 Å². The van der Waals surface area contributed by atoms with Crippen LogP contribution in [0.2, 0.25) is 0 Å². The van der Waals surface area contributed by atoms with Gasteiger partial charge in [-0.1, -0.05) is 12.1 Å². The predicted octanol–water partition coefficient (Wildman–Crippen LogP) is 3.18. The molecule has 0 aliphatic carbocycles. The van der Waals surface area contributed by atoms with E-state index in [9.17, 15) is 12.8 Å². The third-order valence-electron chi connectivity index (χ3n) is 6.23. The first kappa shape index (κ1) is 23.2. The minimum atomic E-state index is -3.48. The summed E-state index contributed by atoms with van der Waals surface area (Å²) in [6, 6.07) is 13.6. The first-order chi connectivity index (χ1) is 15.5. The second-order valence-corrected chi connectivity index (χ2v) is 10.4. The fraction of sp³-hybridized carbons (Fsp3) is 0.500. The van der Waals surface area contributed by atoms with Gasteiger partial charge in [0, 0.05) is 19.6 Å². The van der Waals surface area contributed by atoms with Gasteiger partial charge in [0.2, 0.25) is 10.0 Å². The molecule has 0 bridgehead atoms. The predicted molar refractivity (Wildman–Crippen MR) is 121 cm³/mol. The zero-order valence-corrected chi connectivity index (χ0v) is 19.1. The second-order valence-electron chi connectivity index (χ2n) is 8.46.